The van der Waals surface area contributed by atoms with Crippen LogP contribution < -0.4 is 0 Å². The molecule has 5 rings (SSSR count). The maximum absolute atomic E-state index is 4.78. The van der Waals surface area contributed by atoms with Crippen molar-refractivity contribution in [1.82, 2.24) is 34.1 Å². The molecule has 0 bridgehead atoms. The van der Waals surface area contributed by atoms with Gasteiger partial charge in [0.25, 0.3) is 0 Å². The molecule has 0 unspecified atom stereocenters. The average molecular weight is 420 g/mol. The average Bonchev–Trinajstić information content (AvgIpc) is 3.23. The zero-order chi connectivity index (χ0) is 18.5. The number of aromatic nitrogens is 7. The molecular formula is C19H14BrN7. The fraction of sp³-hybridized carbons (Fsp3) is 0.105. The van der Waals surface area contributed by atoms with Gasteiger partial charge in [-0.1, -0.05) is 0 Å². The van der Waals surface area contributed by atoms with E-state index in [9.17, 15) is 0 Å². The fourth-order valence-corrected chi connectivity index (χ4v) is 3.50. The molecule has 0 radical (unpaired) electrons. The number of hydrogen-bond donors (Lipinski definition) is 0. The monoisotopic (exact) mass is 419 g/mol. The summed E-state index contributed by atoms with van der Waals surface area (Å²) in [4.78, 5) is 18.0. The lowest BCUT2D eigenvalue weighted by Crippen LogP contribution is -2.01. The van der Waals surface area contributed by atoms with E-state index in [0.29, 0.717) is 5.82 Å². The number of halogens is 1. The van der Waals surface area contributed by atoms with E-state index in [1.54, 1.807) is 29.4 Å². The molecule has 0 amide bonds. The summed E-state index contributed by atoms with van der Waals surface area (Å²) in [6, 6.07) is 7.73. The zero-order valence-electron chi connectivity index (χ0n) is 14.6. The van der Waals surface area contributed by atoms with E-state index < -0.39 is 0 Å². The first-order valence-corrected chi connectivity index (χ1v) is 9.18. The first kappa shape index (κ1) is 16.1. The van der Waals surface area contributed by atoms with Gasteiger partial charge < -0.3 is 0 Å². The maximum Gasteiger partial charge on any atom is 0.182 e. The highest BCUT2D eigenvalue weighted by Crippen LogP contribution is 2.30. The molecule has 0 aromatic carbocycles. The lowest BCUT2D eigenvalue weighted by molar-refractivity contribution is 0.919. The van der Waals surface area contributed by atoms with Crippen molar-refractivity contribution in [2.24, 2.45) is 0 Å². The van der Waals surface area contributed by atoms with Crippen LogP contribution in [0.15, 0.2) is 53.7 Å². The molecule has 0 aliphatic heterocycles. The van der Waals surface area contributed by atoms with Gasteiger partial charge in [0.15, 0.2) is 17.1 Å². The van der Waals surface area contributed by atoms with E-state index in [-0.39, 0.29) is 0 Å². The third kappa shape index (κ3) is 2.44. The summed E-state index contributed by atoms with van der Waals surface area (Å²) in [6.45, 7) is 4.15. The summed E-state index contributed by atoms with van der Waals surface area (Å²) < 4.78 is 4.72. The summed E-state index contributed by atoms with van der Waals surface area (Å²) in [5.74, 6) is 1.47. The van der Waals surface area contributed by atoms with Crippen LogP contribution in [-0.4, -0.2) is 34.1 Å². The summed E-state index contributed by atoms with van der Waals surface area (Å²) in [5.41, 5.74) is 4.71. The van der Waals surface area contributed by atoms with Gasteiger partial charge in [0.1, 0.15) is 12.1 Å². The van der Waals surface area contributed by atoms with Crippen LogP contribution >= 0.6 is 15.9 Å². The van der Waals surface area contributed by atoms with Crippen molar-refractivity contribution in [2.75, 3.05) is 0 Å². The number of aryl methyl sites for hydroxylation is 1. The second-order valence-electron chi connectivity index (χ2n) is 6.26. The van der Waals surface area contributed by atoms with Crippen LogP contribution in [0.5, 0.6) is 0 Å². The lowest BCUT2D eigenvalue weighted by atomic mass is 10.2. The molecule has 0 saturated heterocycles. The van der Waals surface area contributed by atoms with Crippen molar-refractivity contribution in [1.29, 1.82) is 0 Å². The molecule has 8 heteroatoms. The molecule has 0 N–H and O–H groups in total. The number of hydrogen-bond acceptors (Lipinski definition) is 5. The molecule has 0 saturated carbocycles. The van der Waals surface area contributed by atoms with Gasteiger partial charge in [0.2, 0.25) is 0 Å². The number of nitrogens with zero attached hydrogens (tertiary/aromatic N) is 7. The molecule has 5 aromatic heterocycles. The maximum atomic E-state index is 4.78. The topological polar surface area (TPSA) is 73.8 Å². The number of rotatable bonds is 2. The van der Waals surface area contributed by atoms with Gasteiger partial charge >= 0.3 is 0 Å². The smallest absolute Gasteiger partial charge is 0.182 e. The Balaban J connectivity index is 1.80. The van der Waals surface area contributed by atoms with Gasteiger partial charge in [-0.3, -0.25) is 9.55 Å². The second kappa shape index (κ2) is 5.95. The standard InChI is InChI=1S/C19H14BrN7/c1-11-12(2)27(15-4-3-14(20)9-22-15)18-16(11)19-24-17(25-26(19)10-23-18)13-5-7-21-8-6-13/h3-10H,1-2H3. The van der Waals surface area contributed by atoms with Crippen molar-refractivity contribution >= 4 is 32.6 Å². The molecule has 0 fully saturated rings. The molecule has 132 valence electrons. The third-order valence-electron chi connectivity index (χ3n) is 4.71. The SMILES string of the molecule is Cc1c(C)n(-c2ccc(Br)cn2)c2ncn3nc(-c4ccncc4)nc3c12. The van der Waals surface area contributed by atoms with Crippen molar-refractivity contribution in [2.45, 2.75) is 13.8 Å². The molecular weight excluding hydrogens is 406 g/mol. The minimum atomic E-state index is 0.651. The zero-order valence-corrected chi connectivity index (χ0v) is 16.2. The largest absolute Gasteiger partial charge is 0.282 e. The molecule has 0 spiro atoms. The van der Waals surface area contributed by atoms with E-state index in [1.807, 2.05) is 24.3 Å². The summed E-state index contributed by atoms with van der Waals surface area (Å²) in [7, 11) is 0. The highest BCUT2D eigenvalue weighted by Gasteiger charge is 2.19. The van der Waals surface area contributed by atoms with Crippen LogP contribution in [0.2, 0.25) is 0 Å². The highest BCUT2D eigenvalue weighted by atomic mass is 79.9. The fourth-order valence-electron chi connectivity index (χ4n) is 3.26. The van der Waals surface area contributed by atoms with Crippen molar-refractivity contribution in [3.05, 3.63) is 64.9 Å². The van der Waals surface area contributed by atoms with E-state index in [0.717, 1.165) is 43.8 Å². The van der Waals surface area contributed by atoms with Crippen LogP contribution in [-0.2, 0) is 0 Å². The third-order valence-corrected chi connectivity index (χ3v) is 5.18. The van der Waals surface area contributed by atoms with Crippen LogP contribution in [0, 0.1) is 13.8 Å². The Labute approximate surface area is 162 Å². The minimum Gasteiger partial charge on any atom is -0.282 e. The Kier molecular flexibility index (Phi) is 3.54. The van der Waals surface area contributed by atoms with Gasteiger partial charge in [-0.25, -0.2) is 19.5 Å². The quantitative estimate of drug-likeness (QED) is 0.433. The van der Waals surface area contributed by atoms with E-state index in [4.69, 9.17) is 4.98 Å². The normalized spacial score (nSPS) is 11.5. The summed E-state index contributed by atoms with van der Waals surface area (Å²) >= 11 is 3.44. The summed E-state index contributed by atoms with van der Waals surface area (Å²) in [6.07, 6.45) is 6.95. The molecule has 7 nitrogen and oxygen atoms in total. The highest BCUT2D eigenvalue weighted by molar-refractivity contribution is 9.10. The van der Waals surface area contributed by atoms with E-state index in [1.165, 1.54) is 0 Å². The second-order valence-corrected chi connectivity index (χ2v) is 7.18. The number of fused-ring (bicyclic) bond motifs is 3. The van der Waals surface area contributed by atoms with Crippen LogP contribution in [0.25, 0.3) is 33.9 Å². The van der Waals surface area contributed by atoms with Gasteiger partial charge in [-0.2, -0.15) is 0 Å². The molecule has 5 aromatic rings. The Morgan fingerprint density at radius 3 is 2.52 bits per heavy atom. The predicted octanol–water partition coefficient (Wildman–Crippen LogP) is 3.90. The van der Waals surface area contributed by atoms with Gasteiger partial charge in [-0.05, 0) is 59.6 Å². The first-order valence-electron chi connectivity index (χ1n) is 8.39. The Hall–Kier alpha value is -3.13. The first-order chi connectivity index (χ1) is 13.1. The molecule has 27 heavy (non-hydrogen) atoms. The van der Waals surface area contributed by atoms with Crippen LogP contribution in [0.1, 0.15) is 11.3 Å². The van der Waals surface area contributed by atoms with Crippen molar-refractivity contribution < 1.29 is 0 Å². The van der Waals surface area contributed by atoms with Gasteiger partial charge in [-0.15, -0.1) is 5.10 Å². The summed E-state index contributed by atoms with van der Waals surface area (Å²) in [5, 5.41) is 5.56. The molecule has 0 atom stereocenters. The van der Waals surface area contributed by atoms with Crippen molar-refractivity contribution in [3.8, 4) is 17.2 Å². The lowest BCUT2D eigenvalue weighted by Gasteiger charge is -2.06. The van der Waals surface area contributed by atoms with E-state index >= 15 is 0 Å². The predicted molar refractivity (Wildman–Crippen MR) is 106 cm³/mol. The Morgan fingerprint density at radius 1 is 0.963 bits per heavy atom. The van der Waals surface area contributed by atoms with Crippen LogP contribution in [0.4, 0.5) is 0 Å². The van der Waals surface area contributed by atoms with E-state index in [2.05, 4.69) is 54.4 Å². The van der Waals surface area contributed by atoms with Crippen molar-refractivity contribution in [3.63, 3.8) is 0 Å². The minimum absolute atomic E-state index is 0.651. The van der Waals surface area contributed by atoms with Gasteiger partial charge in [0.05, 0.1) is 5.39 Å². The van der Waals surface area contributed by atoms with Gasteiger partial charge in [0, 0.05) is 34.3 Å². The molecule has 0 aliphatic carbocycles. The Morgan fingerprint density at radius 2 is 1.78 bits per heavy atom. The number of pyridine rings is 2. The Bertz CT molecular complexity index is 1290. The molecule has 0 aliphatic rings. The molecule has 5 heterocycles. The van der Waals surface area contributed by atoms with Crippen LogP contribution in [0.3, 0.4) is 0 Å².